The summed E-state index contributed by atoms with van der Waals surface area (Å²) in [6, 6.07) is 0. The number of ketones is 1. The highest BCUT2D eigenvalue weighted by molar-refractivity contribution is 6.00. The summed E-state index contributed by atoms with van der Waals surface area (Å²) in [6.45, 7) is 6.26. The molecule has 1 rings (SSSR count). The average molecular weight is 189 g/mol. The summed E-state index contributed by atoms with van der Waals surface area (Å²) >= 11 is 0. The van der Waals surface area contributed by atoms with E-state index in [-0.39, 0.29) is 5.78 Å². The van der Waals surface area contributed by atoms with Crippen molar-refractivity contribution in [1.29, 1.82) is 0 Å². The predicted octanol–water partition coefficient (Wildman–Crippen LogP) is 2.12. The minimum absolute atomic E-state index is 0.190. The molecule has 1 fully saturated rings. The highest BCUT2D eigenvalue weighted by atomic mass is 16.1. The fourth-order valence-corrected chi connectivity index (χ4v) is 1.33. The number of piperidine rings is 1. The molecular formula is C12H15NO. The first-order chi connectivity index (χ1) is 6.79. The van der Waals surface area contributed by atoms with Gasteiger partial charge in [-0.05, 0) is 19.1 Å². The van der Waals surface area contributed by atoms with E-state index in [1.54, 1.807) is 6.08 Å². The van der Waals surface area contributed by atoms with Gasteiger partial charge in [-0.15, -0.1) is 0 Å². The number of Topliss-reactive ketones (excluding diaryl/α,β-unsaturated/α-hetero) is 1. The Hall–Kier alpha value is -1.57. The molecule has 0 spiro atoms. The van der Waals surface area contributed by atoms with Gasteiger partial charge in [0.2, 0.25) is 0 Å². The largest absolute Gasteiger partial charge is 0.384 e. The van der Waals surface area contributed by atoms with Crippen molar-refractivity contribution in [3.8, 4) is 0 Å². The quantitative estimate of drug-likeness (QED) is 0.674. The fraction of sp³-hybridized carbons (Fsp3) is 0.250. The second-order valence-corrected chi connectivity index (χ2v) is 3.02. The van der Waals surface area contributed by atoms with Crippen molar-refractivity contribution in [3.63, 3.8) is 0 Å². The van der Waals surface area contributed by atoms with E-state index in [4.69, 9.17) is 0 Å². The second-order valence-electron chi connectivity index (χ2n) is 3.02. The Bertz CT molecular complexity index is 321. The smallest absolute Gasteiger partial charge is 0.166 e. The zero-order chi connectivity index (χ0) is 10.4. The van der Waals surface area contributed by atoms with Crippen LogP contribution in [-0.4, -0.2) is 12.3 Å². The number of hydrogen-bond donors (Lipinski definition) is 1. The lowest BCUT2D eigenvalue weighted by Gasteiger charge is -2.18. The molecule has 0 aromatic rings. The number of nitrogens with one attached hydrogen (secondary N) is 1. The van der Waals surface area contributed by atoms with Crippen LogP contribution in [0.5, 0.6) is 0 Å². The number of hydrogen-bond acceptors (Lipinski definition) is 2. The Labute approximate surface area is 84.7 Å². The number of carbonyl (C=O) groups is 1. The van der Waals surface area contributed by atoms with Gasteiger partial charge in [0.05, 0.1) is 0 Å². The predicted molar refractivity (Wildman–Crippen MR) is 58.8 cm³/mol. The molecule has 14 heavy (non-hydrogen) atoms. The molecule has 1 aliphatic heterocycles. The van der Waals surface area contributed by atoms with Crippen LogP contribution in [0.25, 0.3) is 0 Å². The average Bonchev–Trinajstić information content (AvgIpc) is 2.18. The minimum Gasteiger partial charge on any atom is -0.384 e. The standard InChI is InChI=1S/C12H15NO/c1-3-5-7-10-11(6-4-2)13-9-8-12(10)14/h3-7,13H,2,8-9H2,1H3/b5-3-,10-7+,11-6+. The molecule has 1 heterocycles. The number of allylic oxidation sites excluding steroid dienone is 6. The van der Waals surface area contributed by atoms with Gasteiger partial charge >= 0.3 is 0 Å². The molecule has 2 nitrogen and oxygen atoms in total. The van der Waals surface area contributed by atoms with Crippen molar-refractivity contribution >= 4 is 5.78 Å². The lowest BCUT2D eigenvalue weighted by Crippen LogP contribution is -2.28. The molecule has 0 atom stereocenters. The third kappa shape index (κ3) is 2.46. The summed E-state index contributed by atoms with van der Waals surface area (Å²) in [7, 11) is 0. The van der Waals surface area contributed by atoms with Gasteiger partial charge in [0.15, 0.2) is 5.78 Å². The third-order valence-electron chi connectivity index (χ3n) is 2.00. The normalized spacial score (nSPS) is 23.1. The molecule has 2 heteroatoms. The molecule has 0 aliphatic carbocycles. The van der Waals surface area contributed by atoms with Gasteiger partial charge in [-0.25, -0.2) is 0 Å². The summed E-state index contributed by atoms with van der Waals surface area (Å²) in [6.07, 6.45) is 9.69. The van der Waals surface area contributed by atoms with Crippen molar-refractivity contribution in [2.45, 2.75) is 13.3 Å². The van der Waals surface area contributed by atoms with Gasteiger partial charge < -0.3 is 5.32 Å². The minimum atomic E-state index is 0.190. The van der Waals surface area contributed by atoms with E-state index in [1.165, 1.54) is 0 Å². The van der Waals surface area contributed by atoms with Crippen molar-refractivity contribution in [1.82, 2.24) is 5.32 Å². The van der Waals surface area contributed by atoms with Gasteiger partial charge in [0, 0.05) is 24.2 Å². The topological polar surface area (TPSA) is 29.1 Å². The van der Waals surface area contributed by atoms with Crippen LogP contribution in [0.2, 0.25) is 0 Å². The molecular weight excluding hydrogens is 174 g/mol. The monoisotopic (exact) mass is 189 g/mol. The first kappa shape index (κ1) is 10.5. The molecule has 1 N–H and O–H groups in total. The van der Waals surface area contributed by atoms with Crippen LogP contribution in [0, 0.1) is 0 Å². The van der Waals surface area contributed by atoms with Crippen molar-refractivity contribution in [3.05, 3.63) is 48.2 Å². The zero-order valence-electron chi connectivity index (χ0n) is 8.42. The van der Waals surface area contributed by atoms with Crippen molar-refractivity contribution < 1.29 is 4.79 Å². The van der Waals surface area contributed by atoms with E-state index in [9.17, 15) is 4.79 Å². The van der Waals surface area contributed by atoms with E-state index >= 15 is 0 Å². The first-order valence-corrected chi connectivity index (χ1v) is 4.72. The van der Waals surface area contributed by atoms with E-state index in [0.717, 1.165) is 11.3 Å². The lowest BCUT2D eigenvalue weighted by molar-refractivity contribution is -0.115. The van der Waals surface area contributed by atoms with Gasteiger partial charge in [-0.1, -0.05) is 24.8 Å². The van der Waals surface area contributed by atoms with Crippen molar-refractivity contribution in [2.75, 3.05) is 6.54 Å². The molecule has 74 valence electrons. The Morgan fingerprint density at radius 3 is 2.86 bits per heavy atom. The van der Waals surface area contributed by atoms with Gasteiger partial charge in [0.1, 0.15) is 0 Å². The number of carbonyl (C=O) groups excluding carboxylic acids is 1. The Morgan fingerprint density at radius 1 is 1.43 bits per heavy atom. The Balaban J connectivity index is 2.98. The summed E-state index contributed by atoms with van der Waals surface area (Å²) in [5.41, 5.74) is 1.61. The molecule has 1 aliphatic rings. The summed E-state index contributed by atoms with van der Waals surface area (Å²) in [4.78, 5) is 11.6. The maximum absolute atomic E-state index is 11.6. The molecule has 1 saturated heterocycles. The maximum Gasteiger partial charge on any atom is 0.166 e. The van der Waals surface area contributed by atoms with Crippen LogP contribution in [0.1, 0.15) is 13.3 Å². The fourth-order valence-electron chi connectivity index (χ4n) is 1.33. The molecule has 0 unspecified atom stereocenters. The van der Waals surface area contributed by atoms with Crippen molar-refractivity contribution in [2.24, 2.45) is 0 Å². The summed E-state index contributed by atoms with van der Waals surface area (Å²) < 4.78 is 0. The van der Waals surface area contributed by atoms with Crippen LogP contribution >= 0.6 is 0 Å². The second kappa shape index (κ2) is 5.22. The highest BCUT2D eigenvalue weighted by Crippen LogP contribution is 2.15. The van der Waals surface area contributed by atoms with Crippen LogP contribution in [-0.2, 0) is 4.79 Å². The van der Waals surface area contributed by atoms with Crippen LogP contribution in [0.4, 0.5) is 0 Å². The zero-order valence-corrected chi connectivity index (χ0v) is 8.42. The molecule has 0 bridgehead atoms. The first-order valence-electron chi connectivity index (χ1n) is 4.72. The molecule has 0 saturated carbocycles. The van der Waals surface area contributed by atoms with E-state index in [2.05, 4.69) is 11.9 Å². The Morgan fingerprint density at radius 2 is 2.21 bits per heavy atom. The lowest BCUT2D eigenvalue weighted by atomic mass is 10.00. The Kier molecular flexibility index (Phi) is 3.92. The maximum atomic E-state index is 11.6. The third-order valence-corrected chi connectivity index (χ3v) is 2.00. The summed E-state index contributed by atoms with van der Waals surface area (Å²) in [5, 5.41) is 3.18. The van der Waals surface area contributed by atoms with Gasteiger partial charge in [-0.2, -0.15) is 0 Å². The van der Waals surface area contributed by atoms with Crippen LogP contribution in [0.15, 0.2) is 48.2 Å². The van der Waals surface area contributed by atoms with E-state index in [0.29, 0.717) is 13.0 Å². The van der Waals surface area contributed by atoms with Gasteiger partial charge in [-0.3, -0.25) is 4.79 Å². The molecule has 0 aromatic carbocycles. The SMILES string of the molecule is C=C/C=C1/NCCC(=O)/C1=C/C=C\C. The highest BCUT2D eigenvalue weighted by Gasteiger charge is 2.17. The molecule has 0 radical (unpaired) electrons. The van der Waals surface area contributed by atoms with Crippen LogP contribution in [0.3, 0.4) is 0 Å². The van der Waals surface area contributed by atoms with E-state index < -0.39 is 0 Å². The molecule has 0 aromatic heterocycles. The van der Waals surface area contributed by atoms with Crippen LogP contribution < -0.4 is 5.32 Å². The van der Waals surface area contributed by atoms with E-state index in [1.807, 2.05) is 31.2 Å². The number of rotatable bonds is 2. The van der Waals surface area contributed by atoms with Gasteiger partial charge in [0.25, 0.3) is 0 Å². The molecule has 0 amide bonds. The summed E-state index contributed by atoms with van der Waals surface area (Å²) in [5.74, 6) is 0.190.